The number of carbonyl (C=O) groups excluding carboxylic acids is 2. The van der Waals surface area contributed by atoms with Crippen LogP contribution < -0.4 is 10.7 Å². The molecule has 0 radical (unpaired) electrons. The lowest BCUT2D eigenvalue weighted by Crippen LogP contribution is -2.23. The van der Waals surface area contributed by atoms with Gasteiger partial charge in [0.1, 0.15) is 0 Å². The third-order valence-corrected chi connectivity index (χ3v) is 4.28. The molecule has 0 aromatic heterocycles. The number of carbonyl (C=O) groups is 2. The van der Waals surface area contributed by atoms with Gasteiger partial charge in [0.25, 0.3) is 11.8 Å². The summed E-state index contributed by atoms with van der Waals surface area (Å²) in [6.45, 7) is 0. The fourth-order valence-electron chi connectivity index (χ4n) is 2.01. The van der Waals surface area contributed by atoms with Crippen molar-refractivity contribution in [1.82, 2.24) is 5.43 Å². The molecule has 0 atom stereocenters. The molecule has 0 spiro atoms. The van der Waals surface area contributed by atoms with E-state index in [1.807, 2.05) is 18.2 Å². The van der Waals surface area contributed by atoms with Crippen molar-refractivity contribution in [2.45, 2.75) is 0 Å². The van der Waals surface area contributed by atoms with Crippen LogP contribution in [0.1, 0.15) is 15.9 Å². The van der Waals surface area contributed by atoms with Crippen molar-refractivity contribution in [2.24, 2.45) is 5.10 Å². The van der Waals surface area contributed by atoms with Crippen LogP contribution in [0.4, 0.5) is 5.69 Å². The van der Waals surface area contributed by atoms with Crippen LogP contribution in [0.3, 0.4) is 0 Å². The van der Waals surface area contributed by atoms with Crippen LogP contribution in [0.25, 0.3) is 0 Å². The Labute approximate surface area is 148 Å². The summed E-state index contributed by atoms with van der Waals surface area (Å²) in [5.41, 5.74) is 4.48. The molecule has 1 aliphatic heterocycles. The third-order valence-electron chi connectivity index (χ3n) is 3.08. The van der Waals surface area contributed by atoms with Gasteiger partial charge in [-0.3, -0.25) is 9.59 Å². The molecule has 0 saturated carbocycles. The number of hydrogen-bond donors (Lipinski definition) is 2. The lowest BCUT2D eigenvalue weighted by molar-refractivity contribution is -0.110. The Morgan fingerprint density at radius 1 is 1.18 bits per heavy atom. The molecule has 22 heavy (non-hydrogen) atoms. The van der Waals surface area contributed by atoms with Gasteiger partial charge in [0.05, 0.1) is 5.69 Å². The minimum Gasteiger partial charge on any atom is -0.320 e. The van der Waals surface area contributed by atoms with E-state index >= 15 is 0 Å². The topological polar surface area (TPSA) is 70.6 Å². The minimum absolute atomic E-state index is 0.207. The average molecular weight is 470 g/mol. The Bertz CT molecular complexity index is 803. The summed E-state index contributed by atoms with van der Waals surface area (Å²) in [7, 11) is 0. The molecule has 0 aliphatic carbocycles. The van der Waals surface area contributed by atoms with E-state index in [2.05, 4.69) is 54.4 Å². The first-order chi connectivity index (χ1) is 10.5. The van der Waals surface area contributed by atoms with E-state index in [-0.39, 0.29) is 17.5 Å². The van der Waals surface area contributed by atoms with Crippen molar-refractivity contribution < 1.29 is 9.59 Å². The Hall–Kier alpha value is -1.74. The number of anilines is 1. The van der Waals surface area contributed by atoms with Crippen LogP contribution in [0.15, 0.2) is 52.0 Å². The molecule has 2 N–H and O–H groups in total. The van der Waals surface area contributed by atoms with Crippen LogP contribution >= 0.6 is 38.5 Å². The molecule has 3 rings (SSSR count). The van der Waals surface area contributed by atoms with Gasteiger partial charge in [0.15, 0.2) is 5.71 Å². The zero-order chi connectivity index (χ0) is 15.7. The van der Waals surface area contributed by atoms with Crippen molar-refractivity contribution in [3.8, 4) is 0 Å². The zero-order valence-electron chi connectivity index (χ0n) is 11.1. The number of nitrogens with one attached hydrogen (secondary N) is 2. The zero-order valence-corrected chi connectivity index (χ0v) is 14.8. The summed E-state index contributed by atoms with van der Waals surface area (Å²) in [4.78, 5) is 24.0. The molecule has 0 unspecified atom stereocenters. The molecule has 2 aromatic carbocycles. The molecule has 1 heterocycles. The van der Waals surface area contributed by atoms with Crippen molar-refractivity contribution >= 4 is 61.7 Å². The average Bonchev–Trinajstić information content (AvgIpc) is 2.80. The second kappa shape index (κ2) is 6.17. The van der Waals surface area contributed by atoms with E-state index in [0.29, 0.717) is 16.8 Å². The molecule has 0 bridgehead atoms. The van der Waals surface area contributed by atoms with E-state index in [0.717, 1.165) is 8.04 Å². The van der Waals surface area contributed by atoms with Crippen LogP contribution in [0.5, 0.6) is 0 Å². The molecule has 2 aromatic rings. The fraction of sp³-hybridized carbons (Fsp3) is 0. The molecule has 110 valence electrons. The quantitative estimate of drug-likeness (QED) is 0.524. The number of benzene rings is 2. The van der Waals surface area contributed by atoms with Crippen molar-refractivity contribution in [1.29, 1.82) is 0 Å². The molecule has 7 heteroatoms. The van der Waals surface area contributed by atoms with E-state index in [9.17, 15) is 9.59 Å². The van der Waals surface area contributed by atoms with Crippen LogP contribution in [0.2, 0.25) is 0 Å². The van der Waals surface area contributed by atoms with E-state index < -0.39 is 0 Å². The highest BCUT2D eigenvalue weighted by molar-refractivity contribution is 14.1. The van der Waals surface area contributed by atoms with Crippen molar-refractivity contribution in [2.75, 3.05) is 5.32 Å². The minimum atomic E-state index is -0.369. The van der Waals surface area contributed by atoms with Crippen LogP contribution in [-0.4, -0.2) is 17.5 Å². The lowest BCUT2D eigenvalue weighted by atomic mass is 10.1. The molecule has 0 saturated heterocycles. The summed E-state index contributed by atoms with van der Waals surface area (Å²) in [6.07, 6.45) is 0. The van der Waals surface area contributed by atoms with Crippen molar-refractivity contribution in [3.05, 3.63) is 61.6 Å². The van der Waals surface area contributed by atoms with Gasteiger partial charge in [0.2, 0.25) is 0 Å². The second-order valence-corrected chi connectivity index (χ2v) is 6.71. The highest BCUT2D eigenvalue weighted by atomic mass is 127. The van der Waals surface area contributed by atoms with Gasteiger partial charge in [-0.1, -0.05) is 15.9 Å². The molecule has 0 fully saturated rings. The molecular weight excluding hydrogens is 461 g/mol. The first-order valence-corrected chi connectivity index (χ1v) is 8.16. The van der Waals surface area contributed by atoms with Gasteiger partial charge in [-0.25, -0.2) is 5.43 Å². The summed E-state index contributed by atoms with van der Waals surface area (Å²) in [6, 6.07) is 12.4. The predicted octanol–water partition coefficient (Wildman–Crippen LogP) is 3.14. The number of hydrazone groups is 1. The number of fused-ring (bicyclic) bond motifs is 1. The summed E-state index contributed by atoms with van der Waals surface area (Å²) in [5, 5.41) is 6.69. The fourth-order valence-corrected chi connectivity index (χ4v) is 2.76. The van der Waals surface area contributed by atoms with Gasteiger partial charge >= 0.3 is 0 Å². The van der Waals surface area contributed by atoms with E-state index in [1.54, 1.807) is 24.3 Å². The maximum Gasteiger partial charge on any atom is 0.276 e. The van der Waals surface area contributed by atoms with E-state index in [1.165, 1.54) is 0 Å². The predicted molar refractivity (Wildman–Crippen MR) is 95.9 cm³/mol. The Balaban J connectivity index is 1.84. The normalized spacial score (nSPS) is 14.6. The van der Waals surface area contributed by atoms with Crippen LogP contribution in [0, 0.1) is 3.57 Å². The standard InChI is InChI=1S/C15H9BrIN3O2/c16-9-3-1-8(2-4-9)14(21)20-19-13-11-7-10(17)5-6-12(11)18-15(13)22/h1-7H,(H,20,21)(H,18,19,22). The Kier molecular flexibility index (Phi) is 4.25. The SMILES string of the molecule is O=C1Nc2ccc(I)cc2/C1=N\NC(=O)c1ccc(Br)cc1. The number of amides is 2. The highest BCUT2D eigenvalue weighted by Crippen LogP contribution is 2.25. The molecular formula is C15H9BrIN3O2. The molecule has 1 aliphatic rings. The third kappa shape index (κ3) is 3.05. The number of hydrogen-bond acceptors (Lipinski definition) is 3. The maximum atomic E-state index is 12.0. The number of nitrogens with zero attached hydrogens (tertiary/aromatic N) is 1. The van der Waals surface area contributed by atoms with Gasteiger partial charge in [-0.05, 0) is 65.1 Å². The maximum absolute atomic E-state index is 12.0. The second-order valence-electron chi connectivity index (χ2n) is 4.55. The molecule has 5 nitrogen and oxygen atoms in total. The first kappa shape index (κ1) is 15.2. The van der Waals surface area contributed by atoms with Gasteiger partial charge < -0.3 is 5.32 Å². The van der Waals surface area contributed by atoms with Gasteiger partial charge in [-0.15, -0.1) is 0 Å². The summed E-state index contributed by atoms with van der Waals surface area (Å²) >= 11 is 5.47. The summed E-state index contributed by atoms with van der Waals surface area (Å²) in [5.74, 6) is -0.694. The smallest absolute Gasteiger partial charge is 0.276 e. The van der Waals surface area contributed by atoms with E-state index in [4.69, 9.17) is 0 Å². The Morgan fingerprint density at radius 3 is 2.64 bits per heavy atom. The highest BCUT2D eigenvalue weighted by Gasteiger charge is 2.26. The lowest BCUT2D eigenvalue weighted by Gasteiger charge is -2.02. The Morgan fingerprint density at radius 2 is 1.91 bits per heavy atom. The monoisotopic (exact) mass is 469 g/mol. The van der Waals surface area contributed by atoms with Crippen molar-refractivity contribution in [3.63, 3.8) is 0 Å². The molecule has 2 amide bonds. The first-order valence-electron chi connectivity index (χ1n) is 6.29. The van der Waals surface area contributed by atoms with Gasteiger partial charge in [0, 0.05) is 19.2 Å². The summed E-state index contributed by atoms with van der Waals surface area (Å²) < 4.78 is 1.87. The largest absolute Gasteiger partial charge is 0.320 e. The number of rotatable bonds is 2. The van der Waals surface area contributed by atoms with Gasteiger partial charge in [-0.2, -0.15) is 5.10 Å². The number of halogens is 2. The van der Waals surface area contributed by atoms with Crippen LogP contribution in [-0.2, 0) is 4.79 Å².